The Hall–Kier alpha value is -0.670. The van der Waals surface area contributed by atoms with E-state index in [4.69, 9.17) is 17.3 Å². The Labute approximate surface area is 99.6 Å². The number of rotatable bonds is 6. The van der Waals surface area contributed by atoms with Gasteiger partial charge in [0, 0.05) is 5.02 Å². The molecule has 0 aliphatic rings. The molecule has 16 heavy (non-hydrogen) atoms. The molecule has 0 bridgehead atoms. The molecule has 1 rings (SSSR count). The summed E-state index contributed by atoms with van der Waals surface area (Å²) in [6.45, 7) is 0.700. The third-order valence-corrected chi connectivity index (χ3v) is 2.84. The third kappa shape index (κ3) is 4.06. The summed E-state index contributed by atoms with van der Waals surface area (Å²) in [5, 5.41) is 0.303. The lowest BCUT2D eigenvalue weighted by molar-refractivity contribution is 0.506. The van der Waals surface area contributed by atoms with Crippen molar-refractivity contribution in [1.29, 1.82) is 0 Å². The molecule has 90 valence electrons. The smallest absolute Gasteiger partial charge is 0.160 e. The van der Waals surface area contributed by atoms with Crippen LogP contribution in [0.5, 0.6) is 0 Å². The van der Waals surface area contributed by atoms with Crippen LogP contribution < -0.4 is 5.73 Å². The zero-order valence-electron chi connectivity index (χ0n) is 9.11. The summed E-state index contributed by atoms with van der Waals surface area (Å²) >= 11 is 5.81. The van der Waals surface area contributed by atoms with E-state index in [-0.39, 0.29) is 0 Å². The van der Waals surface area contributed by atoms with Gasteiger partial charge < -0.3 is 5.73 Å². The van der Waals surface area contributed by atoms with E-state index in [2.05, 4.69) is 0 Å². The molecular formula is C12H16ClF2N. The fourth-order valence-electron chi connectivity index (χ4n) is 1.57. The molecule has 0 heterocycles. The van der Waals surface area contributed by atoms with Gasteiger partial charge in [0.15, 0.2) is 11.6 Å². The molecular weight excluding hydrogens is 232 g/mol. The molecule has 1 aromatic rings. The largest absolute Gasteiger partial charge is 0.330 e. The number of nitrogens with two attached hydrogens (primary N) is 1. The van der Waals surface area contributed by atoms with Crippen LogP contribution in [-0.4, -0.2) is 6.54 Å². The highest BCUT2D eigenvalue weighted by Gasteiger charge is 2.07. The molecule has 0 unspecified atom stereocenters. The van der Waals surface area contributed by atoms with Crippen LogP contribution in [-0.2, 0) is 6.42 Å². The number of halogens is 3. The molecule has 0 fully saturated rings. The first-order chi connectivity index (χ1) is 7.65. The summed E-state index contributed by atoms with van der Waals surface area (Å²) in [7, 11) is 0. The summed E-state index contributed by atoms with van der Waals surface area (Å²) in [5.41, 5.74) is 6.04. The standard InChI is InChI=1S/C12H16ClF2N/c13-10-8-12(15)11(14)7-9(10)5-3-1-2-4-6-16/h7-8H,1-6,16H2. The Balaban J connectivity index is 2.45. The Kier molecular flexibility index (Phi) is 5.71. The molecule has 0 saturated carbocycles. The van der Waals surface area contributed by atoms with E-state index in [1.54, 1.807) is 0 Å². The van der Waals surface area contributed by atoms with Crippen LogP contribution in [0.2, 0.25) is 5.02 Å². The maximum Gasteiger partial charge on any atom is 0.160 e. The van der Waals surface area contributed by atoms with Gasteiger partial charge in [-0.05, 0) is 43.5 Å². The van der Waals surface area contributed by atoms with Gasteiger partial charge >= 0.3 is 0 Å². The van der Waals surface area contributed by atoms with Gasteiger partial charge in [0.1, 0.15) is 0 Å². The lowest BCUT2D eigenvalue weighted by Crippen LogP contribution is -1.98. The second-order valence-corrected chi connectivity index (χ2v) is 4.22. The zero-order valence-corrected chi connectivity index (χ0v) is 9.86. The van der Waals surface area contributed by atoms with Gasteiger partial charge in [-0.15, -0.1) is 0 Å². The van der Waals surface area contributed by atoms with Crippen LogP contribution in [0.15, 0.2) is 12.1 Å². The van der Waals surface area contributed by atoms with Crippen LogP contribution in [0, 0.1) is 11.6 Å². The predicted molar refractivity (Wildman–Crippen MR) is 62.6 cm³/mol. The fourth-order valence-corrected chi connectivity index (χ4v) is 1.81. The van der Waals surface area contributed by atoms with Crippen LogP contribution >= 0.6 is 11.6 Å². The van der Waals surface area contributed by atoms with Crippen LogP contribution in [0.3, 0.4) is 0 Å². The van der Waals surface area contributed by atoms with E-state index in [1.807, 2.05) is 0 Å². The lowest BCUT2D eigenvalue weighted by atomic mass is 10.1. The summed E-state index contributed by atoms with van der Waals surface area (Å²) < 4.78 is 25.7. The summed E-state index contributed by atoms with van der Waals surface area (Å²) in [6.07, 6.45) is 4.71. The molecule has 0 radical (unpaired) electrons. The fraction of sp³-hybridized carbons (Fsp3) is 0.500. The Morgan fingerprint density at radius 2 is 1.62 bits per heavy atom. The summed E-state index contributed by atoms with van der Waals surface area (Å²) in [5.74, 6) is -1.72. The minimum atomic E-state index is -0.892. The van der Waals surface area contributed by atoms with E-state index < -0.39 is 11.6 Å². The van der Waals surface area contributed by atoms with E-state index in [1.165, 1.54) is 6.07 Å². The Morgan fingerprint density at radius 3 is 2.31 bits per heavy atom. The highest BCUT2D eigenvalue weighted by atomic mass is 35.5. The Morgan fingerprint density at radius 1 is 1.00 bits per heavy atom. The molecule has 0 aliphatic carbocycles. The Bertz CT molecular complexity index is 342. The molecule has 0 amide bonds. The van der Waals surface area contributed by atoms with Crippen molar-refractivity contribution in [3.8, 4) is 0 Å². The maximum absolute atomic E-state index is 12.9. The molecule has 2 N–H and O–H groups in total. The second kappa shape index (κ2) is 6.81. The zero-order chi connectivity index (χ0) is 12.0. The van der Waals surface area contributed by atoms with Crippen molar-refractivity contribution < 1.29 is 8.78 Å². The first-order valence-electron chi connectivity index (χ1n) is 5.48. The minimum absolute atomic E-state index is 0.303. The number of hydrogen-bond acceptors (Lipinski definition) is 1. The maximum atomic E-state index is 12.9. The van der Waals surface area contributed by atoms with Crippen molar-refractivity contribution in [3.63, 3.8) is 0 Å². The second-order valence-electron chi connectivity index (χ2n) is 3.81. The summed E-state index contributed by atoms with van der Waals surface area (Å²) in [6, 6.07) is 2.21. The molecule has 4 heteroatoms. The molecule has 0 aromatic heterocycles. The number of hydrogen-bond donors (Lipinski definition) is 1. The lowest BCUT2D eigenvalue weighted by Gasteiger charge is -2.05. The first kappa shape index (κ1) is 13.4. The highest BCUT2D eigenvalue weighted by Crippen LogP contribution is 2.22. The van der Waals surface area contributed by atoms with Crippen molar-refractivity contribution in [2.45, 2.75) is 32.1 Å². The van der Waals surface area contributed by atoms with Crippen molar-refractivity contribution in [2.24, 2.45) is 5.73 Å². The minimum Gasteiger partial charge on any atom is -0.330 e. The predicted octanol–water partition coefficient (Wildman–Crippen LogP) is 3.68. The van der Waals surface area contributed by atoms with Gasteiger partial charge in [-0.3, -0.25) is 0 Å². The average Bonchev–Trinajstić information content (AvgIpc) is 2.25. The van der Waals surface area contributed by atoms with Gasteiger partial charge in [0.25, 0.3) is 0 Å². The van der Waals surface area contributed by atoms with E-state index >= 15 is 0 Å². The van der Waals surface area contributed by atoms with Gasteiger partial charge in [-0.2, -0.15) is 0 Å². The summed E-state index contributed by atoms with van der Waals surface area (Å²) in [4.78, 5) is 0. The molecule has 1 aromatic carbocycles. The van der Waals surface area contributed by atoms with E-state index in [0.717, 1.165) is 31.7 Å². The van der Waals surface area contributed by atoms with Crippen LogP contribution in [0.25, 0.3) is 0 Å². The SMILES string of the molecule is NCCCCCCc1cc(F)c(F)cc1Cl. The van der Waals surface area contributed by atoms with Crippen molar-refractivity contribution >= 4 is 11.6 Å². The van der Waals surface area contributed by atoms with E-state index in [0.29, 0.717) is 23.6 Å². The van der Waals surface area contributed by atoms with Crippen LogP contribution in [0.4, 0.5) is 8.78 Å². The first-order valence-corrected chi connectivity index (χ1v) is 5.86. The quantitative estimate of drug-likeness (QED) is 0.602. The van der Waals surface area contributed by atoms with Crippen molar-refractivity contribution in [1.82, 2.24) is 0 Å². The topological polar surface area (TPSA) is 26.0 Å². The molecule has 1 nitrogen and oxygen atoms in total. The molecule has 0 atom stereocenters. The molecule has 0 spiro atoms. The number of benzene rings is 1. The average molecular weight is 248 g/mol. The van der Waals surface area contributed by atoms with Gasteiger partial charge in [0.2, 0.25) is 0 Å². The van der Waals surface area contributed by atoms with Gasteiger partial charge in [-0.25, -0.2) is 8.78 Å². The normalized spacial score (nSPS) is 10.8. The van der Waals surface area contributed by atoms with E-state index in [9.17, 15) is 8.78 Å². The van der Waals surface area contributed by atoms with Crippen LogP contribution in [0.1, 0.15) is 31.2 Å². The number of aryl methyl sites for hydroxylation is 1. The third-order valence-electron chi connectivity index (χ3n) is 2.49. The van der Waals surface area contributed by atoms with Gasteiger partial charge in [0.05, 0.1) is 0 Å². The molecule has 0 saturated heterocycles. The van der Waals surface area contributed by atoms with Crippen molar-refractivity contribution in [2.75, 3.05) is 6.54 Å². The monoisotopic (exact) mass is 247 g/mol. The van der Waals surface area contributed by atoms with Crippen molar-refractivity contribution in [3.05, 3.63) is 34.4 Å². The molecule has 0 aliphatic heterocycles. The van der Waals surface area contributed by atoms with Gasteiger partial charge in [-0.1, -0.05) is 24.4 Å². The number of unbranched alkanes of at least 4 members (excludes halogenated alkanes) is 3. The highest BCUT2D eigenvalue weighted by molar-refractivity contribution is 6.31.